The molecule has 1 aliphatic rings. The minimum Gasteiger partial charge on any atom is -0.464 e. The third-order valence-corrected chi connectivity index (χ3v) is 4.80. The lowest BCUT2D eigenvalue weighted by atomic mass is 9.83. The van der Waals surface area contributed by atoms with Gasteiger partial charge in [0.15, 0.2) is 5.71 Å². The number of aliphatic hydroxyl groups is 1. The Labute approximate surface area is 157 Å². The second-order valence-electron chi connectivity index (χ2n) is 6.71. The fourth-order valence-corrected chi connectivity index (χ4v) is 3.38. The van der Waals surface area contributed by atoms with Crippen LogP contribution in [0.1, 0.15) is 48.9 Å². The zero-order valence-electron chi connectivity index (χ0n) is 15.6. The van der Waals surface area contributed by atoms with Crippen LogP contribution < -0.4 is 0 Å². The van der Waals surface area contributed by atoms with Crippen LogP contribution in [0.2, 0.25) is 0 Å². The molecule has 1 saturated carbocycles. The first-order valence-corrected chi connectivity index (χ1v) is 8.97. The molecule has 8 heteroatoms. The van der Waals surface area contributed by atoms with Crippen molar-refractivity contribution in [2.24, 2.45) is 5.16 Å². The summed E-state index contributed by atoms with van der Waals surface area (Å²) in [5.74, 6) is -0.573. The van der Waals surface area contributed by atoms with Crippen molar-refractivity contribution in [2.75, 3.05) is 14.2 Å². The van der Waals surface area contributed by atoms with Crippen molar-refractivity contribution < 1.29 is 19.5 Å². The van der Waals surface area contributed by atoms with Gasteiger partial charge in [0.2, 0.25) is 0 Å². The smallest absolute Gasteiger partial charge is 0.360 e. The topological polar surface area (TPSA) is 98.8 Å². The molecule has 0 unspecified atom stereocenters. The first kappa shape index (κ1) is 19.0. The van der Waals surface area contributed by atoms with Crippen molar-refractivity contribution in [1.82, 2.24) is 15.0 Å². The fraction of sp³-hybridized carbons (Fsp3) is 0.474. The van der Waals surface area contributed by atoms with Crippen LogP contribution in [0.25, 0.3) is 0 Å². The fourth-order valence-electron chi connectivity index (χ4n) is 3.38. The van der Waals surface area contributed by atoms with Crippen LogP contribution in [0.3, 0.4) is 0 Å². The Bertz CT molecular complexity index is 825. The first-order chi connectivity index (χ1) is 13.1. The second-order valence-corrected chi connectivity index (χ2v) is 6.71. The summed E-state index contributed by atoms with van der Waals surface area (Å²) in [4.78, 5) is 16.7. The zero-order chi connectivity index (χ0) is 19.3. The summed E-state index contributed by atoms with van der Waals surface area (Å²) in [5, 5.41) is 22.9. The summed E-state index contributed by atoms with van der Waals surface area (Å²) in [6.45, 7) is 0.457. The molecule has 1 heterocycles. The minimum absolute atomic E-state index is 0.0950. The second kappa shape index (κ2) is 8.30. The van der Waals surface area contributed by atoms with Crippen molar-refractivity contribution >= 4 is 11.7 Å². The Balaban J connectivity index is 1.79. The number of benzene rings is 1. The lowest BCUT2D eigenvalue weighted by Gasteiger charge is -2.29. The van der Waals surface area contributed by atoms with E-state index in [1.165, 1.54) is 14.2 Å². The molecule has 0 aliphatic heterocycles. The highest BCUT2D eigenvalue weighted by Gasteiger charge is 2.34. The number of hydrogen-bond donors (Lipinski definition) is 1. The molecule has 0 radical (unpaired) electrons. The van der Waals surface area contributed by atoms with Gasteiger partial charge in [0, 0.05) is 5.56 Å². The third-order valence-electron chi connectivity index (χ3n) is 4.80. The molecule has 2 aromatic rings. The standard InChI is InChI=1S/C19H24N4O4/c1-26-18(24)17(21-27-2)15-8-6-7-14(11-15)12-23-13-16(20-22-23)19(25)9-4-3-5-10-19/h6-8,11,13,25H,3-5,9-10,12H2,1-2H3/b21-17+. The summed E-state index contributed by atoms with van der Waals surface area (Å²) < 4.78 is 6.44. The molecule has 3 rings (SSSR count). The lowest BCUT2D eigenvalue weighted by molar-refractivity contribution is -0.132. The molecular formula is C19H24N4O4. The molecule has 1 aliphatic carbocycles. The average Bonchev–Trinajstić information content (AvgIpc) is 3.16. The molecule has 144 valence electrons. The Kier molecular flexibility index (Phi) is 5.85. The van der Waals surface area contributed by atoms with E-state index in [9.17, 15) is 9.90 Å². The predicted molar refractivity (Wildman–Crippen MR) is 98.1 cm³/mol. The van der Waals surface area contributed by atoms with E-state index < -0.39 is 11.6 Å². The highest BCUT2D eigenvalue weighted by Crippen LogP contribution is 2.35. The van der Waals surface area contributed by atoms with Gasteiger partial charge in [-0.05, 0) is 24.5 Å². The number of hydrogen-bond acceptors (Lipinski definition) is 7. The van der Waals surface area contributed by atoms with E-state index in [2.05, 4.69) is 15.5 Å². The maximum Gasteiger partial charge on any atom is 0.360 e. The summed E-state index contributed by atoms with van der Waals surface area (Å²) in [7, 11) is 2.67. The molecule has 1 fully saturated rings. The quantitative estimate of drug-likeness (QED) is 0.473. The Morgan fingerprint density at radius 1 is 1.30 bits per heavy atom. The van der Waals surface area contributed by atoms with Gasteiger partial charge in [-0.1, -0.05) is 47.8 Å². The van der Waals surface area contributed by atoms with E-state index in [0.717, 1.165) is 37.7 Å². The molecule has 0 bridgehead atoms. The van der Waals surface area contributed by atoms with Crippen LogP contribution in [0, 0.1) is 0 Å². The normalized spacial score (nSPS) is 16.8. The summed E-state index contributed by atoms with van der Waals surface area (Å²) in [6, 6.07) is 7.33. The molecule has 8 nitrogen and oxygen atoms in total. The SMILES string of the molecule is CO/N=C(/C(=O)OC)c1cccc(Cn2cc(C3(O)CCCCC3)nn2)c1. The van der Waals surface area contributed by atoms with E-state index in [4.69, 9.17) is 9.57 Å². The van der Waals surface area contributed by atoms with Crippen molar-refractivity contribution in [3.63, 3.8) is 0 Å². The van der Waals surface area contributed by atoms with Gasteiger partial charge in [0.05, 0.1) is 19.9 Å². The molecule has 0 amide bonds. The van der Waals surface area contributed by atoms with Crippen molar-refractivity contribution in [2.45, 2.75) is 44.2 Å². The van der Waals surface area contributed by atoms with Crippen LogP contribution in [0.5, 0.6) is 0 Å². The Hall–Kier alpha value is -2.74. The number of nitrogens with zero attached hydrogens (tertiary/aromatic N) is 4. The van der Waals surface area contributed by atoms with Crippen LogP contribution in [-0.2, 0) is 26.5 Å². The van der Waals surface area contributed by atoms with E-state index in [0.29, 0.717) is 17.8 Å². The van der Waals surface area contributed by atoms with Gasteiger partial charge in [-0.2, -0.15) is 0 Å². The van der Waals surface area contributed by atoms with Gasteiger partial charge in [-0.3, -0.25) is 0 Å². The lowest BCUT2D eigenvalue weighted by Crippen LogP contribution is -2.28. The third kappa shape index (κ3) is 4.33. The van der Waals surface area contributed by atoms with E-state index in [1.807, 2.05) is 18.2 Å². The van der Waals surface area contributed by atoms with Crippen molar-refractivity contribution in [3.05, 3.63) is 47.3 Å². The number of rotatable bonds is 6. The maximum atomic E-state index is 11.9. The molecular weight excluding hydrogens is 348 g/mol. The number of ether oxygens (including phenoxy) is 1. The number of methoxy groups -OCH3 is 1. The summed E-state index contributed by atoms with van der Waals surface area (Å²) in [6.07, 6.45) is 6.38. The number of carbonyl (C=O) groups is 1. The van der Waals surface area contributed by atoms with Gasteiger partial charge in [-0.25, -0.2) is 9.48 Å². The molecule has 1 aromatic carbocycles. The highest BCUT2D eigenvalue weighted by molar-refractivity contribution is 6.43. The van der Waals surface area contributed by atoms with Crippen LogP contribution in [-0.4, -0.2) is 46.0 Å². The molecule has 0 atom stereocenters. The van der Waals surface area contributed by atoms with Crippen LogP contribution in [0.4, 0.5) is 0 Å². The van der Waals surface area contributed by atoms with E-state index >= 15 is 0 Å². The summed E-state index contributed by atoms with van der Waals surface area (Å²) in [5.41, 5.74) is 1.34. The van der Waals surface area contributed by atoms with E-state index in [1.54, 1.807) is 16.9 Å². The molecule has 0 saturated heterocycles. The van der Waals surface area contributed by atoms with Gasteiger partial charge >= 0.3 is 5.97 Å². The van der Waals surface area contributed by atoms with Crippen molar-refractivity contribution in [1.29, 1.82) is 0 Å². The first-order valence-electron chi connectivity index (χ1n) is 8.97. The van der Waals surface area contributed by atoms with Gasteiger partial charge in [0.25, 0.3) is 0 Å². The van der Waals surface area contributed by atoms with Gasteiger partial charge < -0.3 is 14.7 Å². The Morgan fingerprint density at radius 2 is 2.07 bits per heavy atom. The van der Waals surface area contributed by atoms with Crippen molar-refractivity contribution in [3.8, 4) is 0 Å². The number of oxime groups is 1. The predicted octanol–water partition coefficient (Wildman–Crippen LogP) is 2.00. The highest BCUT2D eigenvalue weighted by atomic mass is 16.6. The maximum absolute atomic E-state index is 11.9. The summed E-state index contributed by atoms with van der Waals surface area (Å²) >= 11 is 0. The molecule has 0 spiro atoms. The molecule has 1 N–H and O–H groups in total. The zero-order valence-corrected chi connectivity index (χ0v) is 15.6. The average molecular weight is 372 g/mol. The van der Waals surface area contributed by atoms with Gasteiger partial charge in [-0.15, -0.1) is 5.10 Å². The van der Waals surface area contributed by atoms with Crippen LogP contribution >= 0.6 is 0 Å². The van der Waals surface area contributed by atoms with Gasteiger partial charge in [0.1, 0.15) is 18.4 Å². The molecule has 1 aromatic heterocycles. The number of carbonyl (C=O) groups excluding carboxylic acids is 1. The number of esters is 1. The molecule has 27 heavy (non-hydrogen) atoms. The van der Waals surface area contributed by atoms with Crippen LogP contribution in [0.15, 0.2) is 35.6 Å². The Morgan fingerprint density at radius 3 is 2.78 bits per heavy atom. The minimum atomic E-state index is -0.873. The largest absolute Gasteiger partial charge is 0.464 e. The monoisotopic (exact) mass is 372 g/mol. The number of aromatic nitrogens is 3. The van der Waals surface area contributed by atoms with E-state index in [-0.39, 0.29) is 5.71 Å².